The number of anilines is 1. The van der Waals surface area contributed by atoms with E-state index in [4.69, 9.17) is 4.74 Å². The molecule has 0 aliphatic heterocycles. The van der Waals surface area contributed by atoms with Gasteiger partial charge in [0.1, 0.15) is 5.75 Å². The average molecular weight is 338 g/mol. The molecule has 0 atom stereocenters. The SMILES string of the molecule is O=Cc1ccccc1OCC(=O)Nc1nc(-c2ccccc2)cs1. The van der Waals surface area contributed by atoms with Gasteiger partial charge in [-0.2, -0.15) is 0 Å². The first-order valence-corrected chi connectivity index (χ1v) is 8.12. The number of rotatable bonds is 6. The minimum Gasteiger partial charge on any atom is -0.483 e. The van der Waals surface area contributed by atoms with Crippen LogP contribution in [0.4, 0.5) is 5.13 Å². The van der Waals surface area contributed by atoms with Crippen molar-refractivity contribution in [1.29, 1.82) is 0 Å². The molecule has 5 nitrogen and oxygen atoms in total. The molecule has 3 aromatic rings. The van der Waals surface area contributed by atoms with E-state index in [2.05, 4.69) is 10.3 Å². The molecular formula is C18H14N2O3S. The molecule has 0 aliphatic carbocycles. The molecule has 0 fully saturated rings. The summed E-state index contributed by atoms with van der Waals surface area (Å²) in [6, 6.07) is 16.5. The highest BCUT2D eigenvalue weighted by Gasteiger charge is 2.10. The normalized spacial score (nSPS) is 10.2. The molecule has 6 heteroatoms. The number of amides is 1. The van der Waals surface area contributed by atoms with Crippen LogP contribution in [0.15, 0.2) is 60.0 Å². The highest BCUT2D eigenvalue weighted by molar-refractivity contribution is 7.14. The summed E-state index contributed by atoms with van der Waals surface area (Å²) in [5.74, 6) is 0.0522. The smallest absolute Gasteiger partial charge is 0.264 e. The Morgan fingerprint density at radius 3 is 2.67 bits per heavy atom. The molecule has 0 radical (unpaired) electrons. The van der Waals surface area contributed by atoms with Crippen LogP contribution >= 0.6 is 11.3 Å². The van der Waals surface area contributed by atoms with E-state index in [9.17, 15) is 9.59 Å². The molecule has 24 heavy (non-hydrogen) atoms. The van der Waals surface area contributed by atoms with Gasteiger partial charge in [-0.15, -0.1) is 11.3 Å². The number of hydrogen-bond donors (Lipinski definition) is 1. The molecule has 1 aromatic heterocycles. The minimum atomic E-state index is -0.329. The molecule has 2 aromatic carbocycles. The third kappa shape index (κ3) is 3.85. The highest BCUT2D eigenvalue weighted by Crippen LogP contribution is 2.24. The lowest BCUT2D eigenvalue weighted by Crippen LogP contribution is -2.20. The molecule has 1 heterocycles. The van der Waals surface area contributed by atoms with Crippen molar-refractivity contribution in [3.05, 3.63) is 65.5 Å². The lowest BCUT2D eigenvalue weighted by atomic mass is 10.2. The van der Waals surface area contributed by atoms with Gasteiger partial charge in [-0.3, -0.25) is 14.9 Å². The van der Waals surface area contributed by atoms with Crippen molar-refractivity contribution in [2.24, 2.45) is 0 Å². The predicted octanol–water partition coefficient (Wildman–Crippen LogP) is 3.64. The number of para-hydroxylation sites is 1. The number of nitrogens with one attached hydrogen (secondary N) is 1. The summed E-state index contributed by atoms with van der Waals surface area (Å²) in [4.78, 5) is 27.3. The van der Waals surface area contributed by atoms with Crippen LogP contribution in [0.2, 0.25) is 0 Å². The van der Waals surface area contributed by atoms with Crippen LogP contribution in [0.5, 0.6) is 5.75 Å². The van der Waals surface area contributed by atoms with E-state index >= 15 is 0 Å². The third-order valence-electron chi connectivity index (χ3n) is 3.22. The van der Waals surface area contributed by atoms with Gasteiger partial charge in [0.15, 0.2) is 18.0 Å². The van der Waals surface area contributed by atoms with E-state index in [-0.39, 0.29) is 12.5 Å². The number of carbonyl (C=O) groups is 2. The predicted molar refractivity (Wildman–Crippen MR) is 93.5 cm³/mol. The van der Waals surface area contributed by atoms with Crippen molar-refractivity contribution >= 4 is 28.7 Å². The second-order valence-electron chi connectivity index (χ2n) is 4.90. The molecule has 0 saturated heterocycles. The van der Waals surface area contributed by atoms with Crippen molar-refractivity contribution < 1.29 is 14.3 Å². The molecule has 1 amide bonds. The lowest BCUT2D eigenvalue weighted by Gasteiger charge is -2.07. The van der Waals surface area contributed by atoms with Crippen molar-refractivity contribution in [1.82, 2.24) is 4.98 Å². The maximum Gasteiger partial charge on any atom is 0.264 e. The van der Waals surface area contributed by atoms with E-state index < -0.39 is 0 Å². The summed E-state index contributed by atoms with van der Waals surface area (Å²) in [6.45, 7) is -0.189. The fourth-order valence-electron chi connectivity index (χ4n) is 2.08. The van der Waals surface area contributed by atoms with Crippen LogP contribution in [0, 0.1) is 0 Å². The second-order valence-corrected chi connectivity index (χ2v) is 5.75. The number of aldehydes is 1. The van der Waals surface area contributed by atoms with Crippen molar-refractivity contribution in [2.45, 2.75) is 0 Å². The topological polar surface area (TPSA) is 68.3 Å². The molecule has 1 N–H and O–H groups in total. The number of benzene rings is 2. The van der Waals surface area contributed by atoms with Crippen LogP contribution in [-0.2, 0) is 4.79 Å². The van der Waals surface area contributed by atoms with Gasteiger partial charge in [0, 0.05) is 10.9 Å². The Morgan fingerprint density at radius 2 is 1.88 bits per heavy atom. The number of ether oxygens (including phenoxy) is 1. The van der Waals surface area contributed by atoms with E-state index in [0.717, 1.165) is 11.3 Å². The molecule has 3 rings (SSSR count). The first kappa shape index (κ1) is 15.9. The number of aromatic nitrogens is 1. The lowest BCUT2D eigenvalue weighted by molar-refractivity contribution is -0.118. The first-order valence-electron chi connectivity index (χ1n) is 7.24. The van der Waals surface area contributed by atoms with Gasteiger partial charge in [0.2, 0.25) is 0 Å². The fraction of sp³-hybridized carbons (Fsp3) is 0.0556. The van der Waals surface area contributed by atoms with Gasteiger partial charge in [-0.25, -0.2) is 4.98 Å². The fourth-order valence-corrected chi connectivity index (χ4v) is 2.82. The van der Waals surface area contributed by atoms with Gasteiger partial charge < -0.3 is 4.74 Å². The van der Waals surface area contributed by atoms with E-state index in [1.807, 2.05) is 35.7 Å². The first-order chi connectivity index (χ1) is 11.8. The largest absolute Gasteiger partial charge is 0.483 e. The van der Waals surface area contributed by atoms with Crippen molar-refractivity contribution in [3.63, 3.8) is 0 Å². The van der Waals surface area contributed by atoms with Gasteiger partial charge in [0.25, 0.3) is 5.91 Å². The summed E-state index contributed by atoms with van der Waals surface area (Å²) in [5.41, 5.74) is 2.21. The Hall–Kier alpha value is -2.99. The average Bonchev–Trinajstić information content (AvgIpc) is 3.09. The van der Waals surface area contributed by atoms with Crippen molar-refractivity contribution in [2.75, 3.05) is 11.9 Å². The molecule has 0 bridgehead atoms. The zero-order chi connectivity index (χ0) is 16.8. The van der Waals surface area contributed by atoms with E-state index in [1.165, 1.54) is 11.3 Å². The number of hydrogen-bond acceptors (Lipinski definition) is 5. The van der Waals surface area contributed by atoms with Crippen LogP contribution in [0.1, 0.15) is 10.4 Å². The summed E-state index contributed by atoms with van der Waals surface area (Å²) in [7, 11) is 0. The molecule has 0 unspecified atom stereocenters. The Bertz CT molecular complexity index is 846. The molecular weight excluding hydrogens is 324 g/mol. The summed E-state index contributed by atoms with van der Waals surface area (Å²) >= 11 is 1.35. The van der Waals surface area contributed by atoms with E-state index in [0.29, 0.717) is 22.7 Å². The Kier molecular flexibility index (Phi) is 4.98. The quantitative estimate of drug-likeness (QED) is 0.697. The maximum absolute atomic E-state index is 12.0. The van der Waals surface area contributed by atoms with Gasteiger partial charge in [-0.1, -0.05) is 42.5 Å². The molecule has 0 spiro atoms. The van der Waals surface area contributed by atoms with Gasteiger partial charge in [-0.05, 0) is 12.1 Å². The van der Waals surface area contributed by atoms with Crippen LogP contribution < -0.4 is 10.1 Å². The summed E-state index contributed by atoms with van der Waals surface area (Å²) in [6.07, 6.45) is 0.695. The molecule has 0 aliphatic rings. The summed E-state index contributed by atoms with van der Waals surface area (Å²) < 4.78 is 5.39. The van der Waals surface area contributed by atoms with Crippen LogP contribution in [-0.4, -0.2) is 23.8 Å². The number of thiazole rings is 1. The van der Waals surface area contributed by atoms with Gasteiger partial charge in [0.05, 0.1) is 11.3 Å². The second kappa shape index (κ2) is 7.52. The molecule has 120 valence electrons. The standard InChI is InChI=1S/C18H14N2O3S/c21-10-14-8-4-5-9-16(14)23-11-17(22)20-18-19-15(12-24-18)13-6-2-1-3-7-13/h1-10,12H,11H2,(H,19,20,22). The van der Waals surface area contributed by atoms with E-state index in [1.54, 1.807) is 24.3 Å². The Labute approximate surface area is 142 Å². The molecule has 0 saturated carbocycles. The minimum absolute atomic E-state index is 0.189. The van der Waals surface area contributed by atoms with Crippen LogP contribution in [0.25, 0.3) is 11.3 Å². The Morgan fingerprint density at radius 1 is 1.12 bits per heavy atom. The van der Waals surface area contributed by atoms with Gasteiger partial charge >= 0.3 is 0 Å². The highest BCUT2D eigenvalue weighted by atomic mass is 32.1. The van der Waals surface area contributed by atoms with Crippen LogP contribution in [0.3, 0.4) is 0 Å². The number of nitrogens with zero attached hydrogens (tertiary/aromatic N) is 1. The maximum atomic E-state index is 12.0. The zero-order valence-corrected chi connectivity index (χ0v) is 13.5. The zero-order valence-electron chi connectivity index (χ0n) is 12.6. The number of carbonyl (C=O) groups excluding carboxylic acids is 2. The summed E-state index contributed by atoms with van der Waals surface area (Å²) in [5, 5.41) is 5.08. The Balaban J connectivity index is 1.59. The monoisotopic (exact) mass is 338 g/mol. The third-order valence-corrected chi connectivity index (χ3v) is 3.98. The van der Waals surface area contributed by atoms with Crippen molar-refractivity contribution in [3.8, 4) is 17.0 Å².